The second-order valence-corrected chi connectivity index (χ2v) is 4.21. The molecule has 1 aliphatic rings. The Bertz CT molecular complexity index is 305. The summed E-state index contributed by atoms with van der Waals surface area (Å²) < 4.78 is 16.8. The number of rotatable bonds is 5. The van der Waals surface area contributed by atoms with E-state index in [1.165, 1.54) is 5.56 Å². The molecule has 1 heterocycles. The zero-order chi connectivity index (χ0) is 11.9. The summed E-state index contributed by atoms with van der Waals surface area (Å²) in [5.41, 5.74) is 1.21. The molecule has 0 aliphatic carbocycles. The Hall–Kier alpha value is -0.900. The van der Waals surface area contributed by atoms with Gasteiger partial charge in [-0.1, -0.05) is 30.3 Å². The van der Waals surface area contributed by atoms with Gasteiger partial charge in [-0.15, -0.1) is 0 Å². The molecule has 1 saturated heterocycles. The van der Waals surface area contributed by atoms with Crippen molar-refractivity contribution in [3.63, 3.8) is 0 Å². The molecule has 1 aliphatic heterocycles. The molecule has 0 saturated carbocycles. The summed E-state index contributed by atoms with van der Waals surface area (Å²) >= 11 is 0. The van der Waals surface area contributed by atoms with Crippen LogP contribution in [0.25, 0.3) is 0 Å². The molecule has 2 atom stereocenters. The highest BCUT2D eigenvalue weighted by Gasteiger charge is 2.22. The van der Waals surface area contributed by atoms with Gasteiger partial charge in [0, 0.05) is 13.0 Å². The summed E-state index contributed by atoms with van der Waals surface area (Å²) in [5.74, 6) is 0. The van der Waals surface area contributed by atoms with Crippen LogP contribution in [0.2, 0.25) is 0 Å². The summed E-state index contributed by atoms with van der Waals surface area (Å²) in [6.07, 6.45) is 2.11. The van der Waals surface area contributed by atoms with E-state index in [1.807, 2.05) is 25.1 Å². The topological polar surface area (TPSA) is 27.7 Å². The first kappa shape index (κ1) is 12.6. The minimum atomic E-state index is -0.0309. The predicted octanol–water partition coefficient (Wildman–Crippen LogP) is 2.74. The lowest BCUT2D eigenvalue weighted by atomic mass is 10.1. The van der Waals surface area contributed by atoms with Crippen molar-refractivity contribution in [1.82, 2.24) is 0 Å². The Morgan fingerprint density at radius 3 is 2.65 bits per heavy atom. The van der Waals surface area contributed by atoms with Crippen LogP contribution >= 0.6 is 0 Å². The monoisotopic (exact) mass is 236 g/mol. The van der Waals surface area contributed by atoms with E-state index in [2.05, 4.69) is 12.1 Å². The lowest BCUT2D eigenvalue weighted by Crippen LogP contribution is -2.32. The maximum atomic E-state index is 5.81. The number of hydrogen-bond donors (Lipinski definition) is 0. The molecule has 0 N–H and O–H groups in total. The maximum Gasteiger partial charge on any atom is 0.157 e. The second-order valence-electron chi connectivity index (χ2n) is 4.21. The van der Waals surface area contributed by atoms with Crippen LogP contribution in [0.1, 0.15) is 25.3 Å². The molecule has 0 spiro atoms. The molecule has 0 radical (unpaired) electrons. The van der Waals surface area contributed by atoms with Crippen molar-refractivity contribution in [1.29, 1.82) is 0 Å². The smallest absolute Gasteiger partial charge is 0.157 e. The van der Waals surface area contributed by atoms with E-state index >= 15 is 0 Å². The van der Waals surface area contributed by atoms with Crippen molar-refractivity contribution in [2.45, 2.75) is 38.8 Å². The third kappa shape index (κ3) is 4.11. The van der Waals surface area contributed by atoms with Gasteiger partial charge in [-0.3, -0.25) is 0 Å². The third-order valence-electron chi connectivity index (χ3n) is 2.87. The van der Waals surface area contributed by atoms with E-state index < -0.39 is 0 Å². The Balaban J connectivity index is 1.68. The maximum absolute atomic E-state index is 5.81. The lowest BCUT2D eigenvalue weighted by Gasteiger charge is -2.28. The van der Waals surface area contributed by atoms with Gasteiger partial charge in [-0.05, 0) is 18.9 Å². The van der Waals surface area contributed by atoms with Crippen LogP contribution in [0, 0.1) is 0 Å². The molecule has 3 heteroatoms. The molecular formula is C14H20O3. The van der Waals surface area contributed by atoms with Gasteiger partial charge in [0.2, 0.25) is 0 Å². The quantitative estimate of drug-likeness (QED) is 0.786. The zero-order valence-electron chi connectivity index (χ0n) is 10.3. The molecule has 1 aromatic rings. The van der Waals surface area contributed by atoms with Gasteiger partial charge in [0.15, 0.2) is 6.29 Å². The fourth-order valence-electron chi connectivity index (χ4n) is 1.94. The molecule has 17 heavy (non-hydrogen) atoms. The van der Waals surface area contributed by atoms with Crippen LogP contribution in [0.5, 0.6) is 0 Å². The highest BCUT2D eigenvalue weighted by atomic mass is 16.7. The van der Waals surface area contributed by atoms with Crippen LogP contribution in [0.3, 0.4) is 0 Å². The van der Waals surface area contributed by atoms with Gasteiger partial charge < -0.3 is 14.2 Å². The van der Waals surface area contributed by atoms with Crippen molar-refractivity contribution in [2.75, 3.05) is 13.2 Å². The van der Waals surface area contributed by atoms with Crippen molar-refractivity contribution in [3.8, 4) is 0 Å². The molecule has 1 fully saturated rings. The van der Waals surface area contributed by atoms with Gasteiger partial charge in [-0.2, -0.15) is 0 Å². The minimum absolute atomic E-state index is 0.0309. The van der Waals surface area contributed by atoms with Crippen LogP contribution in [0.4, 0.5) is 0 Å². The lowest BCUT2D eigenvalue weighted by molar-refractivity contribution is -0.194. The van der Waals surface area contributed by atoms with Gasteiger partial charge in [-0.25, -0.2) is 0 Å². The number of ether oxygens (including phenoxy) is 3. The van der Waals surface area contributed by atoms with Gasteiger partial charge in [0.25, 0.3) is 0 Å². The summed E-state index contributed by atoms with van der Waals surface area (Å²) in [6, 6.07) is 10.2. The molecule has 2 rings (SSSR count). The minimum Gasteiger partial charge on any atom is -0.371 e. The normalized spacial score (nSPS) is 24.8. The SMILES string of the molecule is CCO[C@@H]1CC[C@@H](OCc2ccccc2)CO1. The molecule has 0 bridgehead atoms. The van der Waals surface area contributed by atoms with Gasteiger partial charge in [0.05, 0.1) is 19.3 Å². The first-order valence-corrected chi connectivity index (χ1v) is 6.27. The van der Waals surface area contributed by atoms with E-state index in [-0.39, 0.29) is 12.4 Å². The second kappa shape index (κ2) is 6.74. The molecule has 1 aromatic carbocycles. The van der Waals surface area contributed by atoms with E-state index in [1.54, 1.807) is 0 Å². The van der Waals surface area contributed by atoms with Crippen LogP contribution < -0.4 is 0 Å². The van der Waals surface area contributed by atoms with Gasteiger partial charge >= 0.3 is 0 Å². The van der Waals surface area contributed by atoms with Crippen molar-refractivity contribution in [3.05, 3.63) is 35.9 Å². The molecule has 3 nitrogen and oxygen atoms in total. The Morgan fingerprint density at radius 2 is 2.00 bits per heavy atom. The van der Waals surface area contributed by atoms with Crippen LogP contribution in [-0.2, 0) is 20.8 Å². The third-order valence-corrected chi connectivity index (χ3v) is 2.87. The Labute approximate surface area is 103 Å². The summed E-state index contributed by atoms with van der Waals surface area (Å²) in [6.45, 7) is 3.99. The predicted molar refractivity (Wildman–Crippen MR) is 65.6 cm³/mol. The fraction of sp³-hybridized carbons (Fsp3) is 0.571. The van der Waals surface area contributed by atoms with E-state index in [0.29, 0.717) is 19.8 Å². The van der Waals surface area contributed by atoms with E-state index in [4.69, 9.17) is 14.2 Å². The molecule has 0 aromatic heterocycles. The summed E-state index contributed by atoms with van der Waals surface area (Å²) in [7, 11) is 0. The standard InChI is InChI=1S/C14H20O3/c1-2-15-14-9-8-13(11-17-14)16-10-12-6-4-3-5-7-12/h3-7,13-14H,2,8-11H2,1H3/t13-,14+/m1/s1. The first-order chi connectivity index (χ1) is 8.38. The Morgan fingerprint density at radius 1 is 1.18 bits per heavy atom. The molecule has 0 unspecified atom stereocenters. The Kier molecular flexibility index (Phi) is 4.98. The molecule has 0 amide bonds. The van der Waals surface area contributed by atoms with Crippen molar-refractivity contribution >= 4 is 0 Å². The number of hydrogen-bond acceptors (Lipinski definition) is 3. The van der Waals surface area contributed by atoms with Crippen molar-refractivity contribution in [2.24, 2.45) is 0 Å². The first-order valence-electron chi connectivity index (χ1n) is 6.27. The fourth-order valence-corrected chi connectivity index (χ4v) is 1.94. The molecular weight excluding hydrogens is 216 g/mol. The molecule has 94 valence electrons. The van der Waals surface area contributed by atoms with Crippen LogP contribution in [0.15, 0.2) is 30.3 Å². The van der Waals surface area contributed by atoms with E-state index in [0.717, 1.165) is 12.8 Å². The average Bonchev–Trinajstić information content (AvgIpc) is 2.40. The highest BCUT2D eigenvalue weighted by Crippen LogP contribution is 2.18. The van der Waals surface area contributed by atoms with E-state index in [9.17, 15) is 0 Å². The summed E-state index contributed by atoms with van der Waals surface area (Å²) in [5, 5.41) is 0. The van der Waals surface area contributed by atoms with Gasteiger partial charge in [0.1, 0.15) is 0 Å². The number of benzene rings is 1. The van der Waals surface area contributed by atoms with Crippen molar-refractivity contribution < 1.29 is 14.2 Å². The average molecular weight is 236 g/mol. The summed E-state index contributed by atoms with van der Waals surface area (Å²) in [4.78, 5) is 0. The highest BCUT2D eigenvalue weighted by molar-refractivity contribution is 5.13. The largest absolute Gasteiger partial charge is 0.371 e. The van der Waals surface area contributed by atoms with Crippen LogP contribution in [-0.4, -0.2) is 25.6 Å². The zero-order valence-corrected chi connectivity index (χ0v) is 10.3.